The SMILES string of the molecule is O=c1cccnn1CCCNS(=O)(=O)c1cc(C(F)(F)F)ccc1Cl. The normalized spacial score (nSPS) is 12.3. The molecule has 0 unspecified atom stereocenters. The van der Waals surface area contributed by atoms with E-state index in [-0.39, 0.29) is 30.1 Å². The molecule has 0 bridgehead atoms. The van der Waals surface area contributed by atoms with Crippen LogP contribution in [-0.4, -0.2) is 24.7 Å². The zero-order valence-corrected chi connectivity index (χ0v) is 14.2. The fourth-order valence-electron chi connectivity index (χ4n) is 1.95. The van der Waals surface area contributed by atoms with Gasteiger partial charge in [0.05, 0.1) is 10.6 Å². The van der Waals surface area contributed by atoms with Gasteiger partial charge in [-0.15, -0.1) is 0 Å². The zero-order chi connectivity index (χ0) is 18.7. The first-order chi connectivity index (χ1) is 11.6. The van der Waals surface area contributed by atoms with E-state index in [1.54, 1.807) is 0 Å². The molecule has 0 saturated carbocycles. The predicted octanol–water partition coefficient (Wildman–Crippen LogP) is 2.28. The van der Waals surface area contributed by atoms with E-state index in [1.165, 1.54) is 18.3 Å². The number of benzene rings is 1. The van der Waals surface area contributed by atoms with Gasteiger partial charge in [-0.05, 0) is 30.7 Å². The van der Waals surface area contributed by atoms with E-state index in [2.05, 4.69) is 9.82 Å². The standard InChI is InChI=1S/C14H13ClF3N3O3S/c15-11-5-4-10(14(16,17)18)9-12(11)25(23,24)20-7-2-8-21-13(22)3-1-6-19-21/h1,3-6,9,20H,2,7-8H2. The highest BCUT2D eigenvalue weighted by Crippen LogP contribution is 2.33. The number of sulfonamides is 1. The second kappa shape index (κ2) is 7.54. The topological polar surface area (TPSA) is 81.1 Å². The molecule has 1 aromatic heterocycles. The van der Waals surface area contributed by atoms with Crippen molar-refractivity contribution in [3.05, 3.63) is 57.5 Å². The summed E-state index contributed by atoms with van der Waals surface area (Å²) < 4.78 is 65.8. The molecule has 25 heavy (non-hydrogen) atoms. The maximum Gasteiger partial charge on any atom is 0.416 e. The number of alkyl halides is 3. The van der Waals surface area contributed by atoms with Crippen molar-refractivity contribution in [2.24, 2.45) is 0 Å². The molecule has 0 aliphatic carbocycles. The Bertz CT molecular complexity index is 913. The molecule has 0 spiro atoms. The first-order valence-corrected chi connectivity index (χ1v) is 8.86. The van der Waals surface area contributed by atoms with E-state index in [0.29, 0.717) is 12.1 Å². The number of rotatable bonds is 6. The van der Waals surface area contributed by atoms with Gasteiger partial charge in [0.15, 0.2) is 0 Å². The molecule has 1 heterocycles. The first kappa shape index (κ1) is 19.4. The Labute approximate surface area is 146 Å². The quantitative estimate of drug-likeness (QED) is 0.761. The molecular weight excluding hydrogens is 383 g/mol. The number of nitrogens with one attached hydrogen (secondary N) is 1. The summed E-state index contributed by atoms with van der Waals surface area (Å²) in [6.45, 7) is 0.0520. The van der Waals surface area contributed by atoms with Crippen LogP contribution in [0.15, 0.2) is 46.2 Å². The van der Waals surface area contributed by atoms with Gasteiger partial charge in [-0.25, -0.2) is 17.8 Å². The molecule has 0 aliphatic rings. The minimum atomic E-state index is -4.69. The van der Waals surface area contributed by atoms with E-state index >= 15 is 0 Å². The predicted molar refractivity (Wildman–Crippen MR) is 84.8 cm³/mol. The number of nitrogens with zero attached hydrogens (tertiary/aromatic N) is 2. The second-order valence-electron chi connectivity index (χ2n) is 4.98. The van der Waals surface area contributed by atoms with Crippen LogP contribution in [0.1, 0.15) is 12.0 Å². The fourth-order valence-corrected chi connectivity index (χ4v) is 3.55. The average Bonchev–Trinajstić information content (AvgIpc) is 2.52. The largest absolute Gasteiger partial charge is 0.416 e. The van der Waals surface area contributed by atoms with Crippen molar-refractivity contribution in [3.63, 3.8) is 0 Å². The van der Waals surface area contributed by atoms with E-state index in [0.717, 1.165) is 10.7 Å². The maximum atomic E-state index is 12.7. The molecule has 0 amide bonds. The highest BCUT2D eigenvalue weighted by Gasteiger charge is 2.32. The third-order valence-electron chi connectivity index (χ3n) is 3.17. The van der Waals surface area contributed by atoms with Crippen LogP contribution in [0.4, 0.5) is 13.2 Å². The van der Waals surface area contributed by atoms with Crippen LogP contribution in [0.5, 0.6) is 0 Å². The van der Waals surface area contributed by atoms with Crippen molar-refractivity contribution >= 4 is 21.6 Å². The van der Waals surface area contributed by atoms with Crippen molar-refractivity contribution in [2.45, 2.75) is 24.0 Å². The molecule has 0 saturated heterocycles. The van der Waals surface area contributed by atoms with E-state index in [4.69, 9.17) is 11.6 Å². The van der Waals surface area contributed by atoms with Gasteiger partial charge in [-0.2, -0.15) is 18.3 Å². The minimum absolute atomic E-state index is 0.0993. The van der Waals surface area contributed by atoms with Gasteiger partial charge in [0.2, 0.25) is 10.0 Å². The molecule has 1 N–H and O–H groups in total. The Morgan fingerprint density at radius 3 is 2.60 bits per heavy atom. The van der Waals surface area contributed by atoms with Crippen LogP contribution in [-0.2, 0) is 22.7 Å². The van der Waals surface area contributed by atoms with Gasteiger partial charge in [0.25, 0.3) is 5.56 Å². The van der Waals surface area contributed by atoms with Gasteiger partial charge in [0, 0.05) is 25.4 Å². The lowest BCUT2D eigenvalue weighted by atomic mass is 10.2. The van der Waals surface area contributed by atoms with Crippen molar-refractivity contribution in [2.75, 3.05) is 6.54 Å². The van der Waals surface area contributed by atoms with E-state index < -0.39 is 26.7 Å². The second-order valence-corrected chi connectivity index (χ2v) is 7.12. The number of aryl methyl sites for hydroxylation is 1. The molecule has 0 radical (unpaired) electrons. The molecule has 11 heteroatoms. The lowest BCUT2D eigenvalue weighted by Gasteiger charge is -2.12. The first-order valence-electron chi connectivity index (χ1n) is 7.00. The summed E-state index contributed by atoms with van der Waals surface area (Å²) in [5, 5.41) is 3.49. The Hall–Kier alpha value is -1.91. The van der Waals surface area contributed by atoms with Crippen molar-refractivity contribution < 1.29 is 21.6 Å². The monoisotopic (exact) mass is 395 g/mol. The van der Waals surface area contributed by atoms with Crippen LogP contribution in [0.25, 0.3) is 0 Å². The molecule has 0 fully saturated rings. The molecule has 0 atom stereocenters. The van der Waals surface area contributed by atoms with Crippen LogP contribution < -0.4 is 10.3 Å². The molecule has 2 rings (SSSR count). The molecular formula is C14H13ClF3N3O3S. The van der Waals surface area contributed by atoms with E-state index in [1.807, 2.05) is 0 Å². The van der Waals surface area contributed by atoms with Crippen LogP contribution in [0.3, 0.4) is 0 Å². The number of hydrogen-bond acceptors (Lipinski definition) is 4. The Balaban J connectivity index is 2.07. The van der Waals surface area contributed by atoms with Crippen molar-refractivity contribution in [1.82, 2.24) is 14.5 Å². The number of halogens is 4. The van der Waals surface area contributed by atoms with Crippen molar-refractivity contribution in [3.8, 4) is 0 Å². The number of aromatic nitrogens is 2. The molecule has 6 nitrogen and oxygen atoms in total. The molecule has 1 aromatic carbocycles. The summed E-state index contributed by atoms with van der Waals surface area (Å²) in [4.78, 5) is 10.8. The summed E-state index contributed by atoms with van der Waals surface area (Å²) >= 11 is 5.72. The van der Waals surface area contributed by atoms with Crippen LogP contribution in [0, 0.1) is 0 Å². The summed E-state index contributed by atoms with van der Waals surface area (Å²) in [5.41, 5.74) is -1.46. The lowest BCUT2D eigenvalue weighted by Crippen LogP contribution is -2.28. The van der Waals surface area contributed by atoms with E-state index in [9.17, 15) is 26.4 Å². The van der Waals surface area contributed by atoms with Gasteiger partial charge in [-0.1, -0.05) is 11.6 Å². The maximum absolute atomic E-state index is 12.7. The Morgan fingerprint density at radius 1 is 1.24 bits per heavy atom. The minimum Gasteiger partial charge on any atom is -0.268 e. The molecule has 0 aliphatic heterocycles. The average molecular weight is 396 g/mol. The smallest absolute Gasteiger partial charge is 0.268 e. The fraction of sp³-hybridized carbons (Fsp3) is 0.286. The Morgan fingerprint density at radius 2 is 1.96 bits per heavy atom. The van der Waals surface area contributed by atoms with Gasteiger partial charge >= 0.3 is 6.18 Å². The summed E-state index contributed by atoms with van der Waals surface area (Å²) in [6.07, 6.45) is -3.06. The summed E-state index contributed by atoms with van der Waals surface area (Å²) in [7, 11) is -4.23. The third kappa shape index (κ3) is 5.03. The van der Waals surface area contributed by atoms with Gasteiger partial charge < -0.3 is 0 Å². The summed E-state index contributed by atoms with van der Waals surface area (Å²) in [6, 6.07) is 4.84. The third-order valence-corrected chi connectivity index (χ3v) is 5.11. The van der Waals surface area contributed by atoms with Crippen molar-refractivity contribution in [1.29, 1.82) is 0 Å². The highest BCUT2D eigenvalue weighted by atomic mass is 35.5. The molecule has 136 valence electrons. The highest BCUT2D eigenvalue weighted by molar-refractivity contribution is 7.89. The van der Waals surface area contributed by atoms with Gasteiger partial charge in [-0.3, -0.25) is 4.79 Å². The summed E-state index contributed by atoms with van der Waals surface area (Å²) in [5.74, 6) is 0. The molecule has 2 aromatic rings. The lowest BCUT2D eigenvalue weighted by molar-refractivity contribution is -0.137. The Kier molecular flexibility index (Phi) is 5.86. The van der Waals surface area contributed by atoms with Crippen LogP contribution in [0.2, 0.25) is 5.02 Å². The number of hydrogen-bond donors (Lipinski definition) is 1. The van der Waals surface area contributed by atoms with Gasteiger partial charge in [0.1, 0.15) is 4.90 Å². The zero-order valence-electron chi connectivity index (χ0n) is 12.6. The van der Waals surface area contributed by atoms with Crippen LogP contribution >= 0.6 is 11.6 Å².